The van der Waals surface area contributed by atoms with Crippen LogP contribution in [0.4, 0.5) is 4.39 Å². The fourth-order valence-electron chi connectivity index (χ4n) is 2.61. The van der Waals surface area contributed by atoms with Gasteiger partial charge in [-0.3, -0.25) is 9.69 Å². The summed E-state index contributed by atoms with van der Waals surface area (Å²) in [6.45, 7) is 4.16. The van der Waals surface area contributed by atoms with Gasteiger partial charge >= 0.3 is 0 Å². The smallest absolute Gasteiger partial charge is 0.225 e. The van der Waals surface area contributed by atoms with Gasteiger partial charge in [0.1, 0.15) is 5.82 Å². The molecule has 2 aliphatic rings. The first kappa shape index (κ1) is 12.6. The van der Waals surface area contributed by atoms with E-state index in [4.69, 9.17) is 0 Å². The Hall–Kier alpha value is -1.42. The third-order valence-electron chi connectivity index (χ3n) is 3.91. The van der Waals surface area contributed by atoms with E-state index in [0.717, 1.165) is 51.1 Å². The molecule has 0 unspecified atom stereocenters. The van der Waals surface area contributed by atoms with Crippen LogP contribution in [0.2, 0.25) is 0 Å². The molecule has 102 valence electrons. The van der Waals surface area contributed by atoms with Gasteiger partial charge in [-0.1, -0.05) is 12.1 Å². The molecule has 1 aliphatic heterocycles. The number of carbonyl (C=O) groups is 1. The van der Waals surface area contributed by atoms with E-state index >= 15 is 0 Å². The van der Waals surface area contributed by atoms with Crippen molar-refractivity contribution in [2.24, 2.45) is 5.92 Å². The molecule has 0 aromatic heterocycles. The molecule has 1 saturated carbocycles. The van der Waals surface area contributed by atoms with Crippen molar-refractivity contribution in [2.45, 2.75) is 19.4 Å². The van der Waals surface area contributed by atoms with Gasteiger partial charge in [-0.05, 0) is 30.5 Å². The van der Waals surface area contributed by atoms with Crippen LogP contribution >= 0.6 is 0 Å². The van der Waals surface area contributed by atoms with E-state index in [1.54, 1.807) is 12.1 Å². The highest BCUT2D eigenvalue weighted by molar-refractivity contribution is 5.81. The van der Waals surface area contributed by atoms with Gasteiger partial charge in [0.05, 0.1) is 0 Å². The second-order valence-corrected chi connectivity index (χ2v) is 5.51. The summed E-state index contributed by atoms with van der Waals surface area (Å²) in [6.07, 6.45) is 2.14. The van der Waals surface area contributed by atoms with Gasteiger partial charge in [-0.2, -0.15) is 0 Å². The first-order valence-electron chi connectivity index (χ1n) is 6.98. The van der Waals surface area contributed by atoms with Gasteiger partial charge in [0.2, 0.25) is 5.91 Å². The third-order valence-corrected chi connectivity index (χ3v) is 3.91. The zero-order valence-electron chi connectivity index (χ0n) is 11.0. The fraction of sp³-hybridized carbons (Fsp3) is 0.533. The van der Waals surface area contributed by atoms with Crippen molar-refractivity contribution in [2.75, 3.05) is 26.2 Å². The summed E-state index contributed by atoms with van der Waals surface area (Å²) in [5, 5.41) is 0. The largest absolute Gasteiger partial charge is 0.340 e. The number of piperazine rings is 1. The summed E-state index contributed by atoms with van der Waals surface area (Å²) in [5.74, 6) is 0.472. The lowest BCUT2D eigenvalue weighted by Gasteiger charge is -2.34. The molecule has 0 N–H and O–H groups in total. The van der Waals surface area contributed by atoms with E-state index in [2.05, 4.69) is 4.90 Å². The lowest BCUT2D eigenvalue weighted by Crippen LogP contribution is -2.48. The van der Waals surface area contributed by atoms with Crippen molar-refractivity contribution in [3.63, 3.8) is 0 Å². The molecule has 19 heavy (non-hydrogen) atoms. The molecule has 1 aromatic carbocycles. The van der Waals surface area contributed by atoms with Crippen LogP contribution in [0.3, 0.4) is 0 Å². The number of hydrogen-bond donors (Lipinski definition) is 0. The van der Waals surface area contributed by atoms with E-state index < -0.39 is 0 Å². The fourth-order valence-corrected chi connectivity index (χ4v) is 2.61. The van der Waals surface area contributed by atoms with E-state index in [9.17, 15) is 9.18 Å². The molecular formula is C15H19FN2O. The summed E-state index contributed by atoms with van der Waals surface area (Å²) < 4.78 is 13.1. The Morgan fingerprint density at radius 2 is 1.95 bits per heavy atom. The summed E-state index contributed by atoms with van der Waals surface area (Å²) in [7, 11) is 0. The van der Waals surface area contributed by atoms with E-state index in [-0.39, 0.29) is 5.82 Å². The molecule has 0 radical (unpaired) electrons. The Labute approximate surface area is 113 Å². The maximum atomic E-state index is 13.1. The number of hydrogen-bond acceptors (Lipinski definition) is 2. The van der Waals surface area contributed by atoms with Crippen molar-refractivity contribution in [1.82, 2.24) is 9.80 Å². The molecule has 1 aromatic rings. The molecule has 3 rings (SSSR count). The van der Waals surface area contributed by atoms with Gasteiger partial charge in [0, 0.05) is 38.6 Å². The minimum absolute atomic E-state index is 0.181. The van der Waals surface area contributed by atoms with Gasteiger partial charge in [0.25, 0.3) is 0 Å². The lowest BCUT2D eigenvalue weighted by molar-refractivity contribution is -0.134. The molecule has 1 aliphatic carbocycles. The number of benzene rings is 1. The molecule has 1 saturated heterocycles. The number of nitrogens with zero attached hydrogens (tertiary/aromatic N) is 2. The highest BCUT2D eigenvalue weighted by Gasteiger charge is 2.34. The summed E-state index contributed by atoms with van der Waals surface area (Å²) in [6, 6.07) is 6.75. The molecule has 4 heteroatoms. The molecule has 0 spiro atoms. The second kappa shape index (κ2) is 5.29. The van der Waals surface area contributed by atoms with Crippen LogP contribution in [-0.2, 0) is 11.3 Å². The molecule has 0 atom stereocenters. The molecule has 3 nitrogen and oxygen atoms in total. The maximum absolute atomic E-state index is 13.1. The predicted molar refractivity (Wildman–Crippen MR) is 71.0 cm³/mol. The average Bonchev–Trinajstić information content (AvgIpc) is 3.23. The third kappa shape index (κ3) is 3.13. The Kier molecular flexibility index (Phi) is 3.51. The first-order chi connectivity index (χ1) is 9.22. The summed E-state index contributed by atoms with van der Waals surface area (Å²) >= 11 is 0. The van der Waals surface area contributed by atoms with Crippen LogP contribution in [-0.4, -0.2) is 41.9 Å². The topological polar surface area (TPSA) is 23.6 Å². The van der Waals surface area contributed by atoms with E-state index in [1.165, 1.54) is 6.07 Å². The molecule has 1 amide bonds. The quantitative estimate of drug-likeness (QED) is 0.830. The Bertz CT molecular complexity index is 465. The Morgan fingerprint density at radius 3 is 2.58 bits per heavy atom. The van der Waals surface area contributed by atoms with Crippen molar-refractivity contribution < 1.29 is 9.18 Å². The zero-order chi connectivity index (χ0) is 13.2. The van der Waals surface area contributed by atoms with Gasteiger partial charge < -0.3 is 4.90 Å². The Balaban J connectivity index is 1.51. The monoisotopic (exact) mass is 262 g/mol. The van der Waals surface area contributed by atoms with Gasteiger partial charge in [-0.25, -0.2) is 4.39 Å². The predicted octanol–water partition coefficient (Wildman–Crippen LogP) is 1.88. The van der Waals surface area contributed by atoms with Gasteiger partial charge in [-0.15, -0.1) is 0 Å². The summed E-state index contributed by atoms with van der Waals surface area (Å²) in [5.41, 5.74) is 1.00. The van der Waals surface area contributed by atoms with Crippen LogP contribution in [0, 0.1) is 11.7 Å². The van der Waals surface area contributed by atoms with Gasteiger partial charge in [0.15, 0.2) is 0 Å². The molecule has 0 bridgehead atoms. The number of amides is 1. The summed E-state index contributed by atoms with van der Waals surface area (Å²) in [4.78, 5) is 16.2. The zero-order valence-corrected chi connectivity index (χ0v) is 11.0. The van der Waals surface area contributed by atoms with Crippen LogP contribution in [0.1, 0.15) is 18.4 Å². The van der Waals surface area contributed by atoms with Crippen LogP contribution < -0.4 is 0 Å². The Morgan fingerprint density at radius 1 is 1.21 bits per heavy atom. The standard InChI is InChI=1S/C15H19FN2O/c16-14-3-1-2-12(10-14)11-17-6-8-18(9-7-17)15(19)13-4-5-13/h1-3,10,13H,4-9,11H2. The van der Waals surface area contributed by atoms with Crippen LogP contribution in [0.15, 0.2) is 24.3 Å². The number of halogens is 1. The minimum Gasteiger partial charge on any atom is -0.340 e. The lowest BCUT2D eigenvalue weighted by atomic mass is 10.2. The van der Waals surface area contributed by atoms with Crippen molar-refractivity contribution >= 4 is 5.91 Å². The molecule has 2 fully saturated rings. The SMILES string of the molecule is O=C(C1CC1)N1CCN(Cc2cccc(F)c2)CC1. The highest BCUT2D eigenvalue weighted by atomic mass is 19.1. The maximum Gasteiger partial charge on any atom is 0.225 e. The average molecular weight is 262 g/mol. The molecule has 1 heterocycles. The number of rotatable bonds is 3. The van der Waals surface area contributed by atoms with Crippen molar-refractivity contribution in [1.29, 1.82) is 0 Å². The van der Waals surface area contributed by atoms with Crippen LogP contribution in [0.5, 0.6) is 0 Å². The van der Waals surface area contributed by atoms with Crippen molar-refractivity contribution in [3.05, 3.63) is 35.6 Å². The van der Waals surface area contributed by atoms with E-state index in [1.807, 2.05) is 11.0 Å². The highest BCUT2D eigenvalue weighted by Crippen LogP contribution is 2.31. The van der Waals surface area contributed by atoms with Crippen molar-refractivity contribution in [3.8, 4) is 0 Å². The minimum atomic E-state index is -0.181. The van der Waals surface area contributed by atoms with Crippen LogP contribution in [0.25, 0.3) is 0 Å². The first-order valence-corrected chi connectivity index (χ1v) is 6.98. The molecular weight excluding hydrogens is 243 g/mol. The number of carbonyl (C=O) groups excluding carboxylic acids is 1. The normalized spacial score (nSPS) is 20.6. The second-order valence-electron chi connectivity index (χ2n) is 5.51. The van der Waals surface area contributed by atoms with E-state index in [0.29, 0.717) is 11.8 Å².